The zero-order valence-electron chi connectivity index (χ0n) is 16.4. The van der Waals surface area contributed by atoms with Crippen LogP contribution in [0.4, 0.5) is 0 Å². The predicted molar refractivity (Wildman–Crippen MR) is 123 cm³/mol. The molecule has 0 fully saturated rings. The van der Waals surface area contributed by atoms with E-state index in [1.54, 1.807) is 19.2 Å². The molecule has 1 aliphatic carbocycles. The van der Waals surface area contributed by atoms with Crippen LogP contribution < -0.4 is 9.88 Å². The number of allylic oxidation sites excluding steroid dienone is 2. The van der Waals surface area contributed by atoms with E-state index in [1.165, 1.54) is 11.1 Å². The lowest BCUT2D eigenvalue weighted by Gasteiger charge is -2.24. The lowest BCUT2D eigenvalue weighted by Crippen LogP contribution is -2.15. The van der Waals surface area contributed by atoms with Gasteiger partial charge in [-0.05, 0) is 46.5 Å². The average molecular weight is 484 g/mol. The van der Waals surface area contributed by atoms with E-state index in [1.807, 2.05) is 42.5 Å². The Morgan fingerprint density at radius 3 is 2.07 bits per heavy atom. The number of rotatable bonds is 5. The maximum Gasteiger partial charge on any atom is 0.238 e. The van der Waals surface area contributed by atoms with Gasteiger partial charge in [-0.25, -0.2) is 13.6 Å². The maximum absolute atomic E-state index is 11.6. The largest absolute Gasteiger partial charge is 0.497 e. The highest BCUT2D eigenvalue weighted by Crippen LogP contribution is 2.51. The second-order valence-electron chi connectivity index (χ2n) is 7.33. The maximum atomic E-state index is 11.6. The minimum absolute atomic E-state index is 0.0865. The Bertz CT molecular complexity index is 1160. The number of primary sulfonamides is 1. The van der Waals surface area contributed by atoms with Crippen LogP contribution in [0.25, 0.3) is 5.57 Å². The first-order valence-electron chi connectivity index (χ1n) is 9.56. The Hall–Kier alpha value is -2.41. The molecule has 4 rings (SSSR count). The number of benzene rings is 3. The van der Waals surface area contributed by atoms with Gasteiger partial charge in [-0.3, -0.25) is 0 Å². The Balaban J connectivity index is 1.78. The first-order valence-corrected chi connectivity index (χ1v) is 12.0. The molecule has 3 aromatic rings. The van der Waals surface area contributed by atoms with Crippen molar-refractivity contribution in [3.63, 3.8) is 0 Å². The van der Waals surface area contributed by atoms with Crippen LogP contribution in [-0.4, -0.2) is 20.4 Å². The third kappa shape index (κ3) is 4.08. The van der Waals surface area contributed by atoms with Gasteiger partial charge in [0.15, 0.2) is 0 Å². The molecule has 0 saturated heterocycles. The zero-order chi connectivity index (χ0) is 21.3. The highest BCUT2D eigenvalue weighted by molar-refractivity contribution is 9.09. The van der Waals surface area contributed by atoms with Gasteiger partial charge in [0.25, 0.3) is 0 Å². The van der Waals surface area contributed by atoms with E-state index in [4.69, 9.17) is 9.88 Å². The molecule has 4 nitrogen and oxygen atoms in total. The Labute approximate surface area is 185 Å². The van der Waals surface area contributed by atoms with Crippen molar-refractivity contribution in [3.05, 3.63) is 102 Å². The van der Waals surface area contributed by atoms with Crippen LogP contribution in [0.1, 0.15) is 28.5 Å². The molecule has 0 aliphatic heterocycles. The average Bonchev–Trinajstić information content (AvgIpc) is 3.11. The van der Waals surface area contributed by atoms with Gasteiger partial charge in [0.1, 0.15) is 5.75 Å². The summed E-state index contributed by atoms with van der Waals surface area (Å²) < 4.78 is 28.6. The van der Waals surface area contributed by atoms with Crippen LogP contribution in [0.15, 0.2) is 89.8 Å². The molecule has 1 aliphatic rings. The molecule has 3 atom stereocenters. The van der Waals surface area contributed by atoms with Crippen LogP contribution in [0.5, 0.6) is 5.75 Å². The van der Waals surface area contributed by atoms with Crippen molar-refractivity contribution in [1.29, 1.82) is 0 Å². The number of halogens is 1. The van der Waals surface area contributed by atoms with Crippen molar-refractivity contribution < 1.29 is 13.2 Å². The standard InChI is InChI=1S/C24H22BrNO3S/c1-29-19-11-7-17(8-12-19)22-15-21(16-9-13-20(14-10-16)30(26,27)28)23(24(22)25)18-5-3-2-4-6-18/h2-15,21,23-24H,1H3,(H2,26,27,28). The van der Waals surface area contributed by atoms with Crippen molar-refractivity contribution in [2.75, 3.05) is 7.11 Å². The molecule has 0 amide bonds. The minimum Gasteiger partial charge on any atom is -0.497 e. The van der Waals surface area contributed by atoms with Gasteiger partial charge in [0, 0.05) is 16.7 Å². The Morgan fingerprint density at radius 1 is 0.867 bits per heavy atom. The van der Waals surface area contributed by atoms with Gasteiger partial charge < -0.3 is 4.74 Å². The molecule has 30 heavy (non-hydrogen) atoms. The highest BCUT2D eigenvalue weighted by atomic mass is 79.9. The molecule has 0 aromatic heterocycles. The summed E-state index contributed by atoms with van der Waals surface area (Å²) >= 11 is 3.95. The van der Waals surface area contributed by atoms with Gasteiger partial charge in [0.05, 0.1) is 12.0 Å². The number of nitrogens with two attached hydrogens (primary N) is 1. The van der Waals surface area contributed by atoms with E-state index in [0.29, 0.717) is 0 Å². The quantitative estimate of drug-likeness (QED) is 0.514. The summed E-state index contributed by atoms with van der Waals surface area (Å²) in [5.74, 6) is 1.07. The van der Waals surface area contributed by atoms with Gasteiger partial charge in [-0.15, -0.1) is 0 Å². The fraction of sp³-hybridized carbons (Fsp3) is 0.167. The third-order valence-electron chi connectivity index (χ3n) is 5.56. The summed E-state index contributed by atoms with van der Waals surface area (Å²) in [5, 5.41) is 5.26. The molecule has 0 spiro atoms. The molecule has 2 N–H and O–H groups in total. The molecule has 3 aromatic carbocycles. The number of hydrogen-bond donors (Lipinski definition) is 1. The number of hydrogen-bond acceptors (Lipinski definition) is 3. The minimum atomic E-state index is -3.72. The highest BCUT2D eigenvalue weighted by Gasteiger charge is 2.38. The van der Waals surface area contributed by atoms with Crippen LogP contribution in [0, 0.1) is 0 Å². The van der Waals surface area contributed by atoms with Crippen molar-refractivity contribution in [2.24, 2.45) is 5.14 Å². The predicted octanol–water partition coefficient (Wildman–Crippen LogP) is 5.07. The van der Waals surface area contributed by atoms with E-state index in [2.05, 4.69) is 46.3 Å². The molecular formula is C24H22BrNO3S. The fourth-order valence-electron chi connectivity index (χ4n) is 4.04. The van der Waals surface area contributed by atoms with Gasteiger partial charge in [-0.1, -0.05) is 76.6 Å². The zero-order valence-corrected chi connectivity index (χ0v) is 18.8. The van der Waals surface area contributed by atoms with Crippen molar-refractivity contribution in [2.45, 2.75) is 21.6 Å². The van der Waals surface area contributed by atoms with Crippen LogP contribution >= 0.6 is 15.9 Å². The Kier molecular flexibility index (Phi) is 5.82. The van der Waals surface area contributed by atoms with E-state index < -0.39 is 10.0 Å². The summed E-state index contributed by atoms with van der Waals surface area (Å²) in [4.78, 5) is 0.228. The van der Waals surface area contributed by atoms with Crippen LogP contribution in [0.2, 0.25) is 0 Å². The van der Waals surface area contributed by atoms with Gasteiger partial charge >= 0.3 is 0 Å². The topological polar surface area (TPSA) is 69.4 Å². The summed E-state index contributed by atoms with van der Waals surface area (Å²) in [6.45, 7) is 0. The third-order valence-corrected chi connectivity index (χ3v) is 7.55. The normalized spacial score (nSPS) is 21.3. The Morgan fingerprint density at radius 2 is 1.50 bits per heavy atom. The lowest BCUT2D eigenvalue weighted by atomic mass is 9.83. The molecule has 0 saturated carbocycles. The summed E-state index contributed by atoms with van der Waals surface area (Å²) in [5.41, 5.74) is 4.60. The molecule has 0 bridgehead atoms. The lowest BCUT2D eigenvalue weighted by molar-refractivity contribution is 0.415. The number of methoxy groups -OCH3 is 1. The summed E-state index contributed by atoms with van der Waals surface area (Å²) in [7, 11) is -2.06. The van der Waals surface area contributed by atoms with E-state index in [9.17, 15) is 8.42 Å². The second kappa shape index (κ2) is 8.38. The summed E-state index contributed by atoms with van der Waals surface area (Å²) in [6.07, 6.45) is 2.27. The van der Waals surface area contributed by atoms with Gasteiger partial charge in [-0.2, -0.15) is 0 Å². The van der Waals surface area contributed by atoms with E-state index in [-0.39, 0.29) is 21.6 Å². The van der Waals surface area contributed by atoms with Crippen molar-refractivity contribution >= 4 is 31.5 Å². The number of alkyl halides is 1. The molecule has 6 heteroatoms. The smallest absolute Gasteiger partial charge is 0.238 e. The molecule has 0 heterocycles. The second-order valence-corrected chi connectivity index (χ2v) is 9.88. The first-order chi connectivity index (χ1) is 14.4. The molecular weight excluding hydrogens is 462 g/mol. The number of ether oxygens (including phenoxy) is 1. The number of sulfonamides is 1. The molecule has 3 unspecified atom stereocenters. The van der Waals surface area contributed by atoms with Gasteiger partial charge in [0.2, 0.25) is 10.0 Å². The SMILES string of the molecule is COc1ccc(C2=CC(c3ccc(S(N)(=O)=O)cc3)C(c3ccccc3)C2Br)cc1. The monoisotopic (exact) mass is 483 g/mol. The van der Waals surface area contributed by atoms with Crippen LogP contribution in [0.3, 0.4) is 0 Å². The van der Waals surface area contributed by atoms with E-state index >= 15 is 0 Å². The summed E-state index contributed by atoms with van der Waals surface area (Å²) in [6, 6.07) is 25.3. The van der Waals surface area contributed by atoms with Crippen molar-refractivity contribution in [1.82, 2.24) is 0 Å². The van der Waals surface area contributed by atoms with E-state index in [0.717, 1.165) is 16.9 Å². The van der Waals surface area contributed by atoms with Crippen molar-refractivity contribution in [3.8, 4) is 5.75 Å². The van der Waals surface area contributed by atoms with Crippen LogP contribution in [-0.2, 0) is 10.0 Å². The molecule has 0 radical (unpaired) electrons. The molecule has 154 valence electrons. The first kappa shape index (κ1) is 20.8. The fourth-order valence-corrected chi connectivity index (χ4v) is 5.60.